The average molecular weight is 538 g/mol. The molecule has 3 N–H and O–H groups in total. The molecule has 3 aliphatic rings. The van der Waals surface area contributed by atoms with Crippen LogP contribution in [-0.2, 0) is 4.74 Å². The zero-order valence-corrected chi connectivity index (χ0v) is 23.5. The second-order valence-corrected chi connectivity index (χ2v) is 10.8. The number of piperidine rings is 1. The first-order valence-corrected chi connectivity index (χ1v) is 14.5. The van der Waals surface area contributed by atoms with Gasteiger partial charge in [-0.2, -0.15) is 4.98 Å². The number of hydrogen-bond acceptors (Lipinski definition) is 9. The summed E-state index contributed by atoms with van der Waals surface area (Å²) in [5, 5.41) is 9.62. The van der Waals surface area contributed by atoms with Crippen molar-refractivity contribution in [2.24, 2.45) is 0 Å². The molecule has 0 radical (unpaired) electrons. The molecule has 0 unspecified atom stereocenters. The minimum absolute atomic E-state index is 0.153. The molecule has 1 saturated heterocycles. The number of rotatable bonds is 10. The molecule has 1 aromatic heterocycles. The van der Waals surface area contributed by atoms with Gasteiger partial charge < -0.3 is 35.2 Å². The van der Waals surface area contributed by atoms with Crippen molar-refractivity contribution in [3.05, 3.63) is 30.0 Å². The van der Waals surface area contributed by atoms with Gasteiger partial charge in [0.25, 0.3) is 5.91 Å². The summed E-state index contributed by atoms with van der Waals surface area (Å²) < 4.78 is 11.5. The zero-order valence-electron chi connectivity index (χ0n) is 23.5. The number of methoxy groups -OCH3 is 1. The van der Waals surface area contributed by atoms with Crippen LogP contribution in [0, 0.1) is 0 Å². The molecular weight excluding hydrogens is 494 g/mol. The fourth-order valence-electron chi connectivity index (χ4n) is 6.05. The molecule has 1 atom stereocenters. The van der Waals surface area contributed by atoms with E-state index < -0.39 is 0 Å². The summed E-state index contributed by atoms with van der Waals surface area (Å²) in [6, 6.07) is 6.35. The molecule has 10 nitrogen and oxygen atoms in total. The minimum Gasteiger partial charge on any atom is -0.495 e. The lowest BCUT2D eigenvalue weighted by atomic mass is 10.0. The molecule has 1 aliphatic carbocycles. The van der Waals surface area contributed by atoms with Crippen LogP contribution in [0.2, 0.25) is 0 Å². The summed E-state index contributed by atoms with van der Waals surface area (Å²) in [5.74, 6) is 1.93. The molecule has 2 aromatic rings. The Balaban J connectivity index is 1.26. The van der Waals surface area contributed by atoms with Crippen molar-refractivity contribution in [1.82, 2.24) is 20.6 Å². The smallest absolute Gasteiger partial charge is 0.251 e. The fraction of sp³-hybridized carbons (Fsp3) is 0.621. The van der Waals surface area contributed by atoms with Crippen LogP contribution in [0.3, 0.4) is 0 Å². The number of hydrogen-bond donors (Lipinski definition) is 3. The maximum Gasteiger partial charge on any atom is 0.251 e. The molecule has 212 valence electrons. The van der Waals surface area contributed by atoms with Gasteiger partial charge in [-0.3, -0.25) is 4.79 Å². The average Bonchev–Trinajstić information content (AvgIpc) is 3.50. The Morgan fingerprint density at radius 1 is 1.18 bits per heavy atom. The lowest BCUT2D eigenvalue weighted by Gasteiger charge is -2.45. The first-order chi connectivity index (χ1) is 19.1. The summed E-state index contributed by atoms with van der Waals surface area (Å²) in [6.45, 7) is 6.20. The highest BCUT2D eigenvalue weighted by Crippen LogP contribution is 2.39. The number of carbonyl (C=O) groups excluding carboxylic acids is 1. The van der Waals surface area contributed by atoms with Crippen molar-refractivity contribution in [1.29, 1.82) is 0 Å². The zero-order chi connectivity index (χ0) is 27.2. The molecule has 3 heterocycles. The highest BCUT2D eigenvalue weighted by molar-refractivity contribution is 5.95. The third kappa shape index (κ3) is 6.38. The second-order valence-electron chi connectivity index (χ2n) is 10.8. The van der Waals surface area contributed by atoms with E-state index in [9.17, 15) is 4.79 Å². The van der Waals surface area contributed by atoms with E-state index in [1.165, 1.54) is 25.7 Å². The van der Waals surface area contributed by atoms with Crippen LogP contribution in [0.4, 0.5) is 23.1 Å². The van der Waals surface area contributed by atoms with Gasteiger partial charge in [0.15, 0.2) is 5.82 Å². The van der Waals surface area contributed by atoms with E-state index in [1.54, 1.807) is 19.2 Å². The van der Waals surface area contributed by atoms with Crippen LogP contribution < -0.4 is 30.5 Å². The van der Waals surface area contributed by atoms with Gasteiger partial charge in [-0.05, 0) is 63.4 Å². The summed E-state index contributed by atoms with van der Waals surface area (Å²) in [4.78, 5) is 27.2. The number of nitrogens with one attached hydrogen (secondary N) is 3. The Morgan fingerprint density at radius 2 is 1.97 bits per heavy atom. The van der Waals surface area contributed by atoms with Gasteiger partial charge in [-0.1, -0.05) is 19.8 Å². The van der Waals surface area contributed by atoms with Crippen LogP contribution in [0.1, 0.15) is 62.2 Å². The lowest BCUT2D eigenvalue weighted by molar-refractivity contribution is 0.0343. The van der Waals surface area contributed by atoms with E-state index in [-0.39, 0.29) is 12.0 Å². The number of fused-ring (bicyclic) bond motifs is 1. The highest BCUT2D eigenvalue weighted by Gasteiger charge is 2.36. The van der Waals surface area contributed by atoms with Crippen molar-refractivity contribution >= 4 is 29.0 Å². The van der Waals surface area contributed by atoms with Gasteiger partial charge in [0.1, 0.15) is 5.75 Å². The monoisotopic (exact) mass is 537 g/mol. The molecule has 2 aliphatic heterocycles. The Morgan fingerprint density at radius 3 is 2.72 bits per heavy atom. The summed E-state index contributed by atoms with van der Waals surface area (Å²) in [6.07, 6.45) is 10.3. The standard InChI is InChI=1S/C29H43N7O3/c1-4-21-19-35(2)25-18-32-29(34-27(25)36(21)22-7-5-6-8-22)33-24-10-9-20(17-26(24)38-3)28(37)31-15-16-39-23-11-13-30-14-12-23/h9-10,17-18,21-23,30H,4-8,11-16,19H2,1-3H3,(H,31,37)(H,32,33,34)/t21-/m1/s1. The normalized spacial score (nSPS) is 20.1. The Bertz CT molecular complexity index is 1120. The molecule has 2 fully saturated rings. The van der Waals surface area contributed by atoms with Crippen LogP contribution in [-0.4, -0.2) is 81.0 Å². The Kier molecular flexibility index (Phi) is 9.03. The van der Waals surface area contributed by atoms with Crippen molar-refractivity contribution in [3.63, 3.8) is 0 Å². The maximum absolute atomic E-state index is 12.8. The predicted octanol–water partition coefficient (Wildman–Crippen LogP) is 3.70. The summed E-state index contributed by atoms with van der Waals surface area (Å²) >= 11 is 0. The molecule has 0 bridgehead atoms. The predicted molar refractivity (Wildman–Crippen MR) is 155 cm³/mol. The topological polar surface area (TPSA) is 104 Å². The second kappa shape index (κ2) is 12.8. The van der Waals surface area contributed by atoms with Crippen molar-refractivity contribution in [2.75, 3.05) is 62.1 Å². The Labute approximate surface area is 231 Å². The van der Waals surface area contributed by atoms with Crippen LogP contribution in [0.15, 0.2) is 24.4 Å². The lowest BCUT2D eigenvalue weighted by Crippen LogP contribution is -2.52. The van der Waals surface area contributed by atoms with Crippen LogP contribution in [0.5, 0.6) is 5.75 Å². The largest absolute Gasteiger partial charge is 0.495 e. The molecular formula is C29H43N7O3. The number of benzene rings is 1. The van der Waals surface area contributed by atoms with Crippen LogP contribution >= 0.6 is 0 Å². The number of nitrogens with zero attached hydrogens (tertiary/aromatic N) is 4. The van der Waals surface area contributed by atoms with Crippen molar-refractivity contribution < 1.29 is 14.3 Å². The van der Waals surface area contributed by atoms with Gasteiger partial charge in [0.2, 0.25) is 5.95 Å². The number of aromatic nitrogens is 2. The third-order valence-corrected chi connectivity index (χ3v) is 8.21. The first-order valence-electron chi connectivity index (χ1n) is 14.5. The van der Waals surface area contributed by atoms with Crippen molar-refractivity contribution in [3.8, 4) is 5.75 Å². The molecule has 1 aromatic carbocycles. The molecule has 1 amide bonds. The molecule has 10 heteroatoms. The van der Waals surface area contributed by atoms with Gasteiger partial charge >= 0.3 is 0 Å². The molecule has 1 saturated carbocycles. The summed E-state index contributed by atoms with van der Waals surface area (Å²) in [5.41, 5.74) is 2.32. The first kappa shape index (κ1) is 27.5. The van der Waals surface area contributed by atoms with E-state index in [0.717, 1.165) is 50.4 Å². The number of carbonyl (C=O) groups is 1. The van der Waals surface area contributed by atoms with Gasteiger partial charge in [0.05, 0.1) is 37.4 Å². The molecule has 5 rings (SSSR count). The highest BCUT2D eigenvalue weighted by atomic mass is 16.5. The third-order valence-electron chi connectivity index (χ3n) is 8.21. The SMILES string of the molecule is CC[C@@H]1CN(C)c2cnc(Nc3ccc(C(=O)NCCOC4CCNCC4)cc3OC)nc2N1C1CCCC1. The van der Waals surface area contributed by atoms with E-state index in [1.807, 2.05) is 12.3 Å². The van der Waals surface area contributed by atoms with Gasteiger partial charge in [0, 0.05) is 37.8 Å². The Hall–Kier alpha value is -3.11. The molecule has 39 heavy (non-hydrogen) atoms. The molecule has 0 spiro atoms. The number of anilines is 4. The van der Waals surface area contributed by atoms with E-state index in [4.69, 9.17) is 14.5 Å². The van der Waals surface area contributed by atoms with E-state index in [0.29, 0.717) is 48.2 Å². The van der Waals surface area contributed by atoms with E-state index >= 15 is 0 Å². The minimum atomic E-state index is -0.153. The maximum atomic E-state index is 12.8. The summed E-state index contributed by atoms with van der Waals surface area (Å²) in [7, 11) is 3.72. The van der Waals surface area contributed by atoms with Gasteiger partial charge in [-0.15, -0.1) is 0 Å². The van der Waals surface area contributed by atoms with E-state index in [2.05, 4.69) is 44.7 Å². The van der Waals surface area contributed by atoms with Crippen LogP contribution in [0.25, 0.3) is 0 Å². The number of ether oxygens (including phenoxy) is 2. The fourth-order valence-corrected chi connectivity index (χ4v) is 6.05. The van der Waals surface area contributed by atoms with Gasteiger partial charge in [-0.25, -0.2) is 4.98 Å². The quantitative estimate of drug-likeness (QED) is 0.391. The number of amides is 1. The number of likely N-dealkylation sites (N-methyl/N-ethyl adjacent to an activating group) is 1. The van der Waals surface area contributed by atoms with Crippen molar-refractivity contribution in [2.45, 2.75) is 70.1 Å².